The summed E-state index contributed by atoms with van der Waals surface area (Å²) in [6.45, 7) is 0.428. The van der Waals surface area contributed by atoms with Crippen LogP contribution >= 0.6 is 0 Å². The van der Waals surface area contributed by atoms with Crippen LogP contribution in [0.1, 0.15) is 25.7 Å². The molecule has 0 amide bonds. The summed E-state index contributed by atoms with van der Waals surface area (Å²) in [4.78, 5) is 0. The van der Waals surface area contributed by atoms with Crippen LogP contribution in [0.4, 0.5) is 8.78 Å². The molecule has 0 unspecified atom stereocenters. The minimum Gasteiger partial charge on any atom is -0.330 e. The first-order chi connectivity index (χ1) is 4.68. The van der Waals surface area contributed by atoms with Crippen molar-refractivity contribution in [3.63, 3.8) is 0 Å². The highest BCUT2D eigenvalue weighted by atomic mass is 19.3. The molecule has 0 heterocycles. The number of halogens is 2. The van der Waals surface area contributed by atoms with Crippen LogP contribution in [0.15, 0.2) is 0 Å². The molecule has 0 aromatic carbocycles. The van der Waals surface area contributed by atoms with Gasteiger partial charge < -0.3 is 5.73 Å². The molecular formula is C7H13F2N. The molecule has 1 fully saturated rings. The van der Waals surface area contributed by atoms with Gasteiger partial charge in [-0.3, -0.25) is 0 Å². The first-order valence-corrected chi connectivity index (χ1v) is 3.67. The highest BCUT2D eigenvalue weighted by molar-refractivity contribution is 4.88. The normalized spacial score (nSPS) is 22.8. The molecule has 1 aliphatic rings. The summed E-state index contributed by atoms with van der Waals surface area (Å²) in [5.41, 5.74) is 5.20. The zero-order chi connectivity index (χ0) is 7.61. The fourth-order valence-electron chi connectivity index (χ4n) is 1.50. The van der Waals surface area contributed by atoms with Crippen LogP contribution in [0.5, 0.6) is 0 Å². The zero-order valence-corrected chi connectivity index (χ0v) is 5.95. The number of rotatable bonds is 3. The zero-order valence-electron chi connectivity index (χ0n) is 5.95. The van der Waals surface area contributed by atoms with Gasteiger partial charge in [0.1, 0.15) is 0 Å². The molecule has 60 valence electrons. The van der Waals surface area contributed by atoms with Crippen molar-refractivity contribution in [3.8, 4) is 0 Å². The minimum absolute atomic E-state index is 0.00347. The maximum Gasteiger partial charge on any atom is 0.239 e. The molecular weight excluding hydrogens is 136 g/mol. The Morgan fingerprint density at radius 3 is 2.10 bits per heavy atom. The van der Waals surface area contributed by atoms with Gasteiger partial charge in [-0.05, 0) is 24.8 Å². The van der Waals surface area contributed by atoms with E-state index >= 15 is 0 Å². The highest BCUT2D eigenvalue weighted by Crippen LogP contribution is 2.44. The second-order valence-corrected chi connectivity index (χ2v) is 3.15. The van der Waals surface area contributed by atoms with Gasteiger partial charge in [0.25, 0.3) is 0 Å². The largest absolute Gasteiger partial charge is 0.330 e. The molecule has 1 saturated carbocycles. The molecule has 0 aromatic heterocycles. The molecule has 0 bridgehead atoms. The SMILES string of the molecule is NCC1(CC(F)F)CCC1. The lowest BCUT2D eigenvalue weighted by molar-refractivity contribution is 0.0289. The number of nitrogens with two attached hydrogens (primary N) is 1. The lowest BCUT2D eigenvalue weighted by Gasteiger charge is -2.40. The average Bonchev–Trinajstić information content (AvgIpc) is 1.78. The quantitative estimate of drug-likeness (QED) is 0.650. The van der Waals surface area contributed by atoms with E-state index in [1.54, 1.807) is 0 Å². The molecule has 1 nitrogen and oxygen atoms in total. The smallest absolute Gasteiger partial charge is 0.239 e. The maximum atomic E-state index is 11.9. The number of hydrogen-bond donors (Lipinski definition) is 1. The molecule has 1 rings (SSSR count). The third-order valence-corrected chi connectivity index (χ3v) is 2.43. The molecule has 0 spiro atoms. The second-order valence-electron chi connectivity index (χ2n) is 3.15. The number of hydrogen-bond acceptors (Lipinski definition) is 1. The van der Waals surface area contributed by atoms with Gasteiger partial charge >= 0.3 is 0 Å². The summed E-state index contributed by atoms with van der Waals surface area (Å²) in [5.74, 6) is 0. The third-order valence-electron chi connectivity index (χ3n) is 2.43. The maximum absolute atomic E-state index is 11.9. The summed E-state index contributed by atoms with van der Waals surface area (Å²) >= 11 is 0. The molecule has 1 aliphatic carbocycles. The Morgan fingerprint density at radius 1 is 1.40 bits per heavy atom. The molecule has 3 heteroatoms. The first-order valence-electron chi connectivity index (χ1n) is 3.67. The van der Waals surface area contributed by atoms with Crippen LogP contribution in [-0.4, -0.2) is 13.0 Å². The summed E-state index contributed by atoms with van der Waals surface area (Å²) in [6.07, 6.45) is 0.693. The summed E-state index contributed by atoms with van der Waals surface area (Å²) in [6, 6.07) is 0. The van der Waals surface area contributed by atoms with Crippen LogP contribution in [0.25, 0.3) is 0 Å². The van der Waals surface area contributed by atoms with Crippen molar-refractivity contribution in [3.05, 3.63) is 0 Å². The fourth-order valence-corrected chi connectivity index (χ4v) is 1.50. The summed E-state index contributed by atoms with van der Waals surface area (Å²) in [7, 11) is 0. The Bertz CT molecular complexity index is 105. The van der Waals surface area contributed by atoms with E-state index in [1.807, 2.05) is 0 Å². The van der Waals surface area contributed by atoms with Gasteiger partial charge in [-0.1, -0.05) is 6.42 Å². The Kier molecular flexibility index (Phi) is 2.24. The predicted molar refractivity (Wildman–Crippen MR) is 36.0 cm³/mol. The van der Waals surface area contributed by atoms with E-state index in [4.69, 9.17) is 5.73 Å². The topological polar surface area (TPSA) is 26.0 Å². The lowest BCUT2D eigenvalue weighted by atomic mass is 9.67. The van der Waals surface area contributed by atoms with Crippen molar-refractivity contribution in [2.45, 2.75) is 32.1 Å². The van der Waals surface area contributed by atoms with Gasteiger partial charge in [-0.25, -0.2) is 8.78 Å². The molecule has 10 heavy (non-hydrogen) atoms. The van der Waals surface area contributed by atoms with Crippen molar-refractivity contribution in [2.75, 3.05) is 6.54 Å². The van der Waals surface area contributed by atoms with Crippen molar-refractivity contribution < 1.29 is 8.78 Å². The van der Waals surface area contributed by atoms with Crippen LogP contribution in [0.3, 0.4) is 0 Å². The molecule has 0 atom stereocenters. The third kappa shape index (κ3) is 1.45. The van der Waals surface area contributed by atoms with Crippen molar-refractivity contribution >= 4 is 0 Å². The van der Waals surface area contributed by atoms with Gasteiger partial charge in [0, 0.05) is 6.42 Å². The van der Waals surface area contributed by atoms with Crippen molar-refractivity contribution in [1.29, 1.82) is 0 Å². The summed E-state index contributed by atoms with van der Waals surface area (Å²) < 4.78 is 23.8. The van der Waals surface area contributed by atoms with E-state index in [2.05, 4.69) is 0 Å². The Morgan fingerprint density at radius 2 is 2.00 bits per heavy atom. The predicted octanol–water partition coefficient (Wildman–Crippen LogP) is 1.77. The fraction of sp³-hybridized carbons (Fsp3) is 1.00. The summed E-state index contributed by atoms with van der Waals surface area (Å²) in [5, 5.41) is 0. The van der Waals surface area contributed by atoms with Crippen LogP contribution < -0.4 is 5.73 Å². The van der Waals surface area contributed by atoms with Gasteiger partial charge in [-0.2, -0.15) is 0 Å². The Labute approximate surface area is 59.6 Å². The standard InChI is InChI=1S/C7H13F2N/c8-6(9)4-7(5-10)2-1-3-7/h6H,1-5,10H2. The van der Waals surface area contributed by atoms with Crippen molar-refractivity contribution in [2.24, 2.45) is 11.1 Å². The first kappa shape index (κ1) is 7.92. The average molecular weight is 149 g/mol. The Hall–Kier alpha value is -0.180. The van der Waals surface area contributed by atoms with E-state index < -0.39 is 6.43 Å². The molecule has 0 radical (unpaired) electrons. The molecule has 0 aliphatic heterocycles. The van der Waals surface area contributed by atoms with E-state index in [9.17, 15) is 8.78 Å². The second kappa shape index (κ2) is 2.82. The van der Waals surface area contributed by atoms with E-state index in [1.165, 1.54) is 0 Å². The van der Waals surface area contributed by atoms with Gasteiger partial charge in [0.05, 0.1) is 0 Å². The van der Waals surface area contributed by atoms with E-state index in [0.717, 1.165) is 19.3 Å². The molecule has 0 aromatic rings. The molecule has 2 N–H and O–H groups in total. The van der Waals surface area contributed by atoms with Gasteiger partial charge in [0.15, 0.2) is 0 Å². The van der Waals surface area contributed by atoms with Gasteiger partial charge in [0.2, 0.25) is 6.43 Å². The van der Waals surface area contributed by atoms with Gasteiger partial charge in [-0.15, -0.1) is 0 Å². The molecule has 0 saturated heterocycles. The van der Waals surface area contributed by atoms with Crippen LogP contribution in [0.2, 0.25) is 0 Å². The van der Waals surface area contributed by atoms with E-state index in [-0.39, 0.29) is 11.8 Å². The minimum atomic E-state index is -2.18. The van der Waals surface area contributed by atoms with Crippen LogP contribution in [-0.2, 0) is 0 Å². The number of alkyl halides is 2. The monoisotopic (exact) mass is 149 g/mol. The van der Waals surface area contributed by atoms with Crippen LogP contribution in [0, 0.1) is 5.41 Å². The van der Waals surface area contributed by atoms with E-state index in [0.29, 0.717) is 6.54 Å². The van der Waals surface area contributed by atoms with Crippen molar-refractivity contribution in [1.82, 2.24) is 0 Å². The highest BCUT2D eigenvalue weighted by Gasteiger charge is 2.37. The lowest BCUT2D eigenvalue weighted by Crippen LogP contribution is -2.38. The Balaban J connectivity index is 2.33.